The fourth-order valence-electron chi connectivity index (χ4n) is 2.41. The number of ketones is 1. The summed E-state index contributed by atoms with van der Waals surface area (Å²) < 4.78 is 16.1. The van der Waals surface area contributed by atoms with Crippen LogP contribution in [0, 0.1) is 0 Å². The smallest absolute Gasteiger partial charge is 0.189 e. The lowest BCUT2D eigenvalue weighted by Crippen LogP contribution is -2.08. The molecule has 0 aliphatic carbocycles. The number of thioether (sulfide) groups is 1. The molecule has 0 aromatic heterocycles. The van der Waals surface area contributed by atoms with Crippen LogP contribution in [-0.4, -0.2) is 32.4 Å². The fraction of sp³-hybridized carbons (Fsp3) is 0.211. The van der Waals surface area contributed by atoms with Gasteiger partial charge in [0.15, 0.2) is 5.78 Å². The molecule has 1 aliphatic heterocycles. The van der Waals surface area contributed by atoms with Crippen molar-refractivity contribution >= 4 is 23.6 Å². The summed E-state index contributed by atoms with van der Waals surface area (Å²) in [6.07, 6.45) is 3.34. The van der Waals surface area contributed by atoms with Crippen LogP contribution in [0.25, 0.3) is 6.08 Å². The highest BCUT2D eigenvalue weighted by Gasteiger charge is 2.18. The molecule has 0 radical (unpaired) electrons. The monoisotopic (exact) mass is 342 g/mol. The number of fused-ring (bicyclic) bond motifs is 1. The molecule has 0 atom stereocenters. The fourth-order valence-corrected chi connectivity index (χ4v) is 3.26. The third kappa shape index (κ3) is 3.57. The van der Waals surface area contributed by atoms with Crippen molar-refractivity contribution < 1.29 is 19.0 Å². The van der Waals surface area contributed by atoms with Gasteiger partial charge in [0, 0.05) is 11.8 Å². The van der Waals surface area contributed by atoms with Crippen LogP contribution >= 0.6 is 11.8 Å². The first-order valence-electron chi connectivity index (χ1n) is 7.55. The molecule has 0 bridgehead atoms. The van der Waals surface area contributed by atoms with E-state index < -0.39 is 0 Å². The van der Waals surface area contributed by atoms with Crippen LogP contribution in [0.4, 0.5) is 0 Å². The lowest BCUT2D eigenvalue weighted by atomic mass is 10.1. The maximum Gasteiger partial charge on any atom is 0.189 e. The summed E-state index contributed by atoms with van der Waals surface area (Å²) in [5, 5.41) is 0. The maximum absolute atomic E-state index is 12.6. The van der Waals surface area contributed by atoms with Crippen LogP contribution in [0.5, 0.6) is 17.2 Å². The molecule has 0 spiro atoms. The summed E-state index contributed by atoms with van der Waals surface area (Å²) in [5.74, 6) is 2.87. The van der Waals surface area contributed by atoms with Crippen molar-refractivity contribution in [2.24, 2.45) is 0 Å². The topological polar surface area (TPSA) is 44.8 Å². The van der Waals surface area contributed by atoms with Gasteiger partial charge in [-0.15, -0.1) is 11.8 Å². The number of hydrogen-bond acceptors (Lipinski definition) is 5. The number of methoxy groups -OCH3 is 2. The van der Waals surface area contributed by atoms with Crippen molar-refractivity contribution in [1.29, 1.82) is 0 Å². The first-order chi connectivity index (χ1) is 11.7. The lowest BCUT2D eigenvalue weighted by molar-refractivity contribution is 0.104. The van der Waals surface area contributed by atoms with Gasteiger partial charge in [0.2, 0.25) is 0 Å². The molecule has 1 aliphatic rings. The highest BCUT2D eigenvalue weighted by Crippen LogP contribution is 2.38. The highest BCUT2D eigenvalue weighted by atomic mass is 32.2. The van der Waals surface area contributed by atoms with Gasteiger partial charge in [-0.25, -0.2) is 0 Å². The minimum atomic E-state index is -0.100. The van der Waals surface area contributed by atoms with E-state index in [-0.39, 0.29) is 5.78 Å². The van der Waals surface area contributed by atoms with E-state index in [2.05, 4.69) is 0 Å². The maximum atomic E-state index is 12.6. The van der Waals surface area contributed by atoms with Crippen molar-refractivity contribution in [3.63, 3.8) is 0 Å². The van der Waals surface area contributed by atoms with Gasteiger partial charge in [0.1, 0.15) is 17.2 Å². The van der Waals surface area contributed by atoms with Crippen molar-refractivity contribution in [3.8, 4) is 17.2 Å². The van der Waals surface area contributed by atoms with Gasteiger partial charge < -0.3 is 14.2 Å². The van der Waals surface area contributed by atoms with E-state index in [4.69, 9.17) is 14.2 Å². The van der Waals surface area contributed by atoms with Gasteiger partial charge in [-0.3, -0.25) is 4.79 Å². The average molecular weight is 342 g/mol. The third-order valence-corrected chi connectivity index (χ3v) is 4.67. The van der Waals surface area contributed by atoms with Gasteiger partial charge in [0.05, 0.1) is 31.3 Å². The Morgan fingerprint density at radius 1 is 1.17 bits per heavy atom. The Morgan fingerprint density at radius 2 is 1.96 bits per heavy atom. The summed E-state index contributed by atoms with van der Waals surface area (Å²) in [5.41, 5.74) is 1.47. The zero-order valence-electron chi connectivity index (χ0n) is 13.6. The minimum Gasteiger partial charge on any atom is -0.497 e. The summed E-state index contributed by atoms with van der Waals surface area (Å²) in [4.78, 5) is 13.5. The molecule has 0 N–H and O–H groups in total. The zero-order chi connectivity index (χ0) is 16.9. The van der Waals surface area contributed by atoms with Crippen molar-refractivity contribution in [2.75, 3.05) is 26.6 Å². The predicted octanol–water partition coefficient (Wildman–Crippen LogP) is 4.08. The normalized spacial score (nSPS) is 13.2. The summed E-state index contributed by atoms with van der Waals surface area (Å²) >= 11 is 1.69. The van der Waals surface area contributed by atoms with Gasteiger partial charge in [0.25, 0.3) is 0 Å². The van der Waals surface area contributed by atoms with Crippen LogP contribution in [0.15, 0.2) is 47.4 Å². The quantitative estimate of drug-likeness (QED) is 0.605. The molecule has 2 aromatic rings. The Bertz CT molecular complexity index is 766. The Balaban J connectivity index is 1.84. The summed E-state index contributed by atoms with van der Waals surface area (Å²) in [7, 11) is 3.18. The van der Waals surface area contributed by atoms with Gasteiger partial charge in [-0.1, -0.05) is 18.2 Å². The first kappa shape index (κ1) is 16.5. The molecule has 0 unspecified atom stereocenters. The van der Waals surface area contributed by atoms with Crippen LogP contribution in [0.1, 0.15) is 15.9 Å². The molecule has 5 heteroatoms. The molecule has 0 fully saturated rings. The van der Waals surface area contributed by atoms with E-state index in [0.29, 0.717) is 17.9 Å². The molecule has 24 heavy (non-hydrogen) atoms. The number of carbonyl (C=O) groups excluding carboxylic acids is 1. The molecule has 0 saturated heterocycles. The number of allylic oxidation sites excluding steroid dienone is 1. The largest absolute Gasteiger partial charge is 0.497 e. The second-order valence-electron chi connectivity index (χ2n) is 5.17. The van der Waals surface area contributed by atoms with Crippen LogP contribution in [0.3, 0.4) is 0 Å². The predicted molar refractivity (Wildman–Crippen MR) is 95.6 cm³/mol. The van der Waals surface area contributed by atoms with E-state index in [9.17, 15) is 4.79 Å². The molecule has 0 saturated carbocycles. The molecular weight excluding hydrogens is 324 g/mol. The zero-order valence-corrected chi connectivity index (χ0v) is 14.4. The average Bonchev–Trinajstić information content (AvgIpc) is 2.65. The standard InChI is InChI=1S/C19H18O4S/c1-21-14-6-3-13(4-7-14)5-8-16(20)15-11-19-18(12-17(15)22-2)23-9-10-24-19/h3-8,11-12H,9-10H2,1-2H3. The number of ether oxygens (including phenoxy) is 3. The Morgan fingerprint density at radius 3 is 2.67 bits per heavy atom. The number of rotatable bonds is 5. The van der Waals surface area contributed by atoms with Gasteiger partial charge >= 0.3 is 0 Å². The second kappa shape index (κ2) is 7.45. The molecule has 2 aromatic carbocycles. The molecular formula is C19H18O4S. The van der Waals surface area contributed by atoms with Crippen molar-refractivity contribution in [3.05, 3.63) is 53.6 Å². The number of carbonyl (C=O) groups is 1. The van der Waals surface area contributed by atoms with E-state index in [1.807, 2.05) is 30.3 Å². The Labute approximate surface area is 145 Å². The van der Waals surface area contributed by atoms with Gasteiger partial charge in [-0.2, -0.15) is 0 Å². The van der Waals surface area contributed by atoms with E-state index >= 15 is 0 Å². The molecule has 1 heterocycles. The van der Waals surface area contributed by atoms with Crippen molar-refractivity contribution in [2.45, 2.75) is 4.90 Å². The highest BCUT2D eigenvalue weighted by molar-refractivity contribution is 7.99. The Hall–Kier alpha value is -2.40. The number of hydrogen-bond donors (Lipinski definition) is 0. The SMILES string of the molecule is COc1ccc(C=CC(=O)c2cc3c(cc2OC)OCCS3)cc1. The van der Waals surface area contributed by atoms with E-state index in [1.54, 1.807) is 44.2 Å². The summed E-state index contributed by atoms with van der Waals surface area (Å²) in [6.45, 7) is 0.672. The second-order valence-corrected chi connectivity index (χ2v) is 6.30. The van der Waals surface area contributed by atoms with E-state index in [0.717, 1.165) is 27.7 Å². The molecule has 3 rings (SSSR count). The minimum absolute atomic E-state index is 0.100. The van der Waals surface area contributed by atoms with E-state index in [1.165, 1.54) is 0 Å². The third-order valence-electron chi connectivity index (χ3n) is 3.67. The van der Waals surface area contributed by atoms with Crippen LogP contribution in [-0.2, 0) is 0 Å². The van der Waals surface area contributed by atoms with Crippen molar-refractivity contribution in [1.82, 2.24) is 0 Å². The van der Waals surface area contributed by atoms with Gasteiger partial charge in [-0.05, 0) is 29.8 Å². The molecule has 4 nitrogen and oxygen atoms in total. The molecule has 0 amide bonds. The number of benzene rings is 2. The lowest BCUT2D eigenvalue weighted by Gasteiger charge is -2.18. The first-order valence-corrected chi connectivity index (χ1v) is 8.54. The van der Waals surface area contributed by atoms with Crippen LogP contribution in [0.2, 0.25) is 0 Å². The Kier molecular flexibility index (Phi) is 5.11. The molecule has 124 valence electrons. The summed E-state index contributed by atoms with van der Waals surface area (Å²) in [6, 6.07) is 11.1. The van der Waals surface area contributed by atoms with Crippen LogP contribution < -0.4 is 14.2 Å².